The first kappa shape index (κ1) is 19.0. The quantitative estimate of drug-likeness (QED) is 0.711. The number of imide groups is 1. The van der Waals surface area contributed by atoms with Gasteiger partial charge in [0.1, 0.15) is 12.1 Å². The number of nitrogens with one attached hydrogen (secondary N) is 2. The fourth-order valence-electron chi connectivity index (χ4n) is 3.03. The molecule has 136 valence electrons. The Balaban J connectivity index is 1.96. The summed E-state index contributed by atoms with van der Waals surface area (Å²) < 4.78 is 0. The van der Waals surface area contributed by atoms with Crippen molar-refractivity contribution in [2.45, 2.75) is 58.4 Å². The smallest absolute Gasteiger partial charge is 0.325 e. The molecule has 25 heavy (non-hydrogen) atoms. The number of nitrogens with zero attached hydrogens (tertiary/aromatic N) is 1. The molecular weight excluding hydrogens is 318 g/mol. The SMILES string of the molecule is CCCCc1ccc(NC(=O)CN2C(=O)NC(CC)(CC)C2=O)cc1. The Hall–Kier alpha value is -2.37. The van der Waals surface area contributed by atoms with Crippen LogP contribution in [0.2, 0.25) is 0 Å². The highest BCUT2D eigenvalue weighted by atomic mass is 16.2. The van der Waals surface area contributed by atoms with Gasteiger partial charge in [0.25, 0.3) is 5.91 Å². The van der Waals surface area contributed by atoms with E-state index in [0.29, 0.717) is 18.5 Å². The van der Waals surface area contributed by atoms with E-state index >= 15 is 0 Å². The number of rotatable bonds is 8. The molecule has 1 aromatic rings. The van der Waals surface area contributed by atoms with Gasteiger partial charge in [0.05, 0.1) is 0 Å². The predicted molar refractivity (Wildman–Crippen MR) is 97.2 cm³/mol. The Kier molecular flexibility index (Phi) is 6.17. The largest absolute Gasteiger partial charge is 0.325 e. The molecule has 0 atom stereocenters. The van der Waals surface area contributed by atoms with Gasteiger partial charge in [0, 0.05) is 5.69 Å². The van der Waals surface area contributed by atoms with Crippen LogP contribution in [0.5, 0.6) is 0 Å². The lowest BCUT2D eigenvalue weighted by molar-refractivity contribution is -0.134. The lowest BCUT2D eigenvalue weighted by atomic mass is 9.93. The maximum absolute atomic E-state index is 12.5. The van der Waals surface area contributed by atoms with Gasteiger partial charge in [-0.2, -0.15) is 0 Å². The molecule has 0 saturated carbocycles. The van der Waals surface area contributed by atoms with Crippen molar-refractivity contribution in [2.75, 3.05) is 11.9 Å². The van der Waals surface area contributed by atoms with E-state index < -0.39 is 11.6 Å². The molecule has 2 N–H and O–H groups in total. The van der Waals surface area contributed by atoms with Crippen molar-refractivity contribution < 1.29 is 14.4 Å². The van der Waals surface area contributed by atoms with E-state index in [9.17, 15) is 14.4 Å². The third-order valence-corrected chi connectivity index (χ3v) is 4.81. The molecule has 0 spiro atoms. The van der Waals surface area contributed by atoms with Crippen molar-refractivity contribution in [3.63, 3.8) is 0 Å². The van der Waals surface area contributed by atoms with Crippen LogP contribution < -0.4 is 10.6 Å². The van der Waals surface area contributed by atoms with E-state index in [1.54, 1.807) is 0 Å². The highest BCUT2D eigenvalue weighted by Gasteiger charge is 2.49. The standard InChI is InChI=1S/C19H27N3O3/c1-4-7-8-14-9-11-15(12-10-14)20-16(23)13-22-17(24)19(5-2,6-3)21-18(22)25/h9-12H,4-8,13H2,1-3H3,(H,20,23)(H,21,25). The van der Waals surface area contributed by atoms with E-state index in [1.807, 2.05) is 38.1 Å². The number of aryl methyl sites for hydroxylation is 1. The molecule has 0 aliphatic carbocycles. The fourth-order valence-corrected chi connectivity index (χ4v) is 3.03. The number of unbranched alkanes of at least 4 members (excludes halogenated alkanes) is 1. The Morgan fingerprint density at radius 3 is 2.28 bits per heavy atom. The minimum Gasteiger partial charge on any atom is -0.325 e. The number of benzene rings is 1. The summed E-state index contributed by atoms with van der Waals surface area (Å²) in [5.41, 5.74) is 1.01. The van der Waals surface area contributed by atoms with Crippen LogP contribution in [0.3, 0.4) is 0 Å². The van der Waals surface area contributed by atoms with Crippen LogP contribution in [0, 0.1) is 0 Å². The normalized spacial score (nSPS) is 16.0. The fraction of sp³-hybridized carbons (Fsp3) is 0.526. The van der Waals surface area contributed by atoms with E-state index in [4.69, 9.17) is 0 Å². The zero-order chi connectivity index (χ0) is 18.4. The van der Waals surface area contributed by atoms with Gasteiger partial charge in [-0.1, -0.05) is 39.3 Å². The molecular formula is C19H27N3O3. The van der Waals surface area contributed by atoms with Crippen LogP contribution in [0.15, 0.2) is 24.3 Å². The van der Waals surface area contributed by atoms with Gasteiger partial charge in [0.15, 0.2) is 0 Å². The molecule has 1 fully saturated rings. The molecule has 6 nitrogen and oxygen atoms in total. The summed E-state index contributed by atoms with van der Waals surface area (Å²) in [7, 11) is 0. The summed E-state index contributed by atoms with van der Waals surface area (Å²) in [5.74, 6) is -0.708. The van der Waals surface area contributed by atoms with Crippen LogP contribution in [-0.2, 0) is 16.0 Å². The van der Waals surface area contributed by atoms with Crippen LogP contribution in [0.25, 0.3) is 0 Å². The maximum Gasteiger partial charge on any atom is 0.325 e. The second kappa shape index (κ2) is 8.14. The average molecular weight is 345 g/mol. The summed E-state index contributed by atoms with van der Waals surface area (Å²) in [4.78, 5) is 37.8. The van der Waals surface area contributed by atoms with Crippen molar-refractivity contribution in [3.8, 4) is 0 Å². The molecule has 2 rings (SSSR count). The van der Waals surface area contributed by atoms with Gasteiger partial charge < -0.3 is 10.6 Å². The summed E-state index contributed by atoms with van der Waals surface area (Å²) in [5, 5.41) is 5.46. The van der Waals surface area contributed by atoms with Crippen LogP contribution in [-0.4, -0.2) is 34.8 Å². The Bertz CT molecular complexity index is 636. The van der Waals surface area contributed by atoms with Gasteiger partial charge in [-0.25, -0.2) is 4.79 Å². The Labute approximate surface area is 149 Å². The Morgan fingerprint density at radius 1 is 1.12 bits per heavy atom. The lowest BCUT2D eigenvalue weighted by Gasteiger charge is -2.23. The molecule has 1 aliphatic heterocycles. The van der Waals surface area contributed by atoms with Crippen molar-refractivity contribution in [2.24, 2.45) is 0 Å². The van der Waals surface area contributed by atoms with Crippen molar-refractivity contribution in [1.82, 2.24) is 10.2 Å². The molecule has 0 radical (unpaired) electrons. The van der Waals surface area contributed by atoms with E-state index in [2.05, 4.69) is 17.6 Å². The zero-order valence-corrected chi connectivity index (χ0v) is 15.2. The maximum atomic E-state index is 12.5. The topological polar surface area (TPSA) is 78.5 Å². The highest BCUT2D eigenvalue weighted by molar-refractivity contribution is 6.10. The monoisotopic (exact) mass is 345 g/mol. The van der Waals surface area contributed by atoms with Crippen LogP contribution >= 0.6 is 0 Å². The second-order valence-corrected chi connectivity index (χ2v) is 6.46. The number of anilines is 1. The third kappa shape index (κ3) is 4.18. The number of carbonyl (C=O) groups is 3. The number of urea groups is 1. The molecule has 1 saturated heterocycles. The first-order valence-electron chi connectivity index (χ1n) is 8.98. The first-order valence-corrected chi connectivity index (χ1v) is 8.98. The van der Waals surface area contributed by atoms with Crippen LogP contribution in [0.1, 0.15) is 52.0 Å². The summed E-state index contributed by atoms with van der Waals surface area (Å²) >= 11 is 0. The molecule has 6 heteroatoms. The molecule has 0 aromatic heterocycles. The first-order chi connectivity index (χ1) is 12.0. The summed E-state index contributed by atoms with van der Waals surface area (Å²) in [6.45, 7) is 5.58. The highest BCUT2D eigenvalue weighted by Crippen LogP contribution is 2.24. The Morgan fingerprint density at radius 2 is 1.76 bits per heavy atom. The minimum atomic E-state index is -0.877. The summed E-state index contributed by atoms with van der Waals surface area (Å²) in [6.07, 6.45) is 4.30. The molecule has 0 unspecified atom stereocenters. The third-order valence-electron chi connectivity index (χ3n) is 4.81. The molecule has 1 aromatic carbocycles. The number of hydrogen-bond acceptors (Lipinski definition) is 3. The van der Waals surface area contributed by atoms with Crippen molar-refractivity contribution in [3.05, 3.63) is 29.8 Å². The van der Waals surface area contributed by atoms with Gasteiger partial charge in [-0.15, -0.1) is 0 Å². The second-order valence-electron chi connectivity index (χ2n) is 6.46. The van der Waals surface area contributed by atoms with Crippen LogP contribution in [0.4, 0.5) is 10.5 Å². The molecule has 1 heterocycles. The van der Waals surface area contributed by atoms with Gasteiger partial charge in [-0.3, -0.25) is 14.5 Å². The summed E-state index contributed by atoms with van der Waals surface area (Å²) in [6, 6.07) is 7.16. The molecule has 1 aliphatic rings. The zero-order valence-electron chi connectivity index (χ0n) is 15.2. The van der Waals surface area contributed by atoms with Crippen molar-refractivity contribution >= 4 is 23.5 Å². The lowest BCUT2D eigenvalue weighted by Crippen LogP contribution is -2.46. The van der Waals surface area contributed by atoms with E-state index in [0.717, 1.165) is 24.2 Å². The minimum absolute atomic E-state index is 0.274. The van der Waals surface area contributed by atoms with E-state index in [-0.39, 0.29) is 18.4 Å². The van der Waals surface area contributed by atoms with Crippen molar-refractivity contribution in [1.29, 1.82) is 0 Å². The van der Waals surface area contributed by atoms with Gasteiger partial charge in [0.2, 0.25) is 5.91 Å². The number of hydrogen-bond donors (Lipinski definition) is 2. The molecule has 4 amide bonds. The number of amides is 4. The predicted octanol–water partition coefficient (Wildman–Crippen LogP) is 3.08. The van der Waals surface area contributed by atoms with Gasteiger partial charge in [-0.05, 0) is 43.4 Å². The average Bonchev–Trinajstić information content (AvgIpc) is 2.85. The van der Waals surface area contributed by atoms with E-state index in [1.165, 1.54) is 5.56 Å². The van der Waals surface area contributed by atoms with Gasteiger partial charge >= 0.3 is 6.03 Å². The molecule has 0 bridgehead atoms. The number of carbonyl (C=O) groups excluding carboxylic acids is 3.